The fourth-order valence-corrected chi connectivity index (χ4v) is 3.81. The zero-order valence-electron chi connectivity index (χ0n) is 17.7. The number of nitrogens with zero attached hydrogens (tertiary/aromatic N) is 2. The lowest BCUT2D eigenvalue weighted by Crippen LogP contribution is -2.18. The molecule has 0 aliphatic carbocycles. The van der Waals surface area contributed by atoms with Crippen molar-refractivity contribution in [3.05, 3.63) is 112 Å². The molecule has 0 aliphatic heterocycles. The number of rotatable bonds is 6. The predicted octanol–water partition coefficient (Wildman–Crippen LogP) is 5.58. The zero-order valence-corrected chi connectivity index (χ0v) is 17.7. The van der Waals surface area contributed by atoms with E-state index in [1.54, 1.807) is 11.6 Å². The van der Waals surface area contributed by atoms with Gasteiger partial charge in [-0.25, -0.2) is 0 Å². The molecule has 5 rings (SSSR count). The van der Waals surface area contributed by atoms with Crippen LogP contribution in [0.5, 0.6) is 0 Å². The van der Waals surface area contributed by atoms with Crippen molar-refractivity contribution in [2.24, 2.45) is 7.05 Å². The summed E-state index contributed by atoms with van der Waals surface area (Å²) in [6.07, 6.45) is 0. The first kappa shape index (κ1) is 20.0. The molecule has 0 atom stereocenters. The van der Waals surface area contributed by atoms with Crippen LogP contribution in [0, 0.1) is 0 Å². The van der Waals surface area contributed by atoms with Gasteiger partial charge in [0.1, 0.15) is 11.1 Å². The van der Waals surface area contributed by atoms with Gasteiger partial charge in [0.15, 0.2) is 5.58 Å². The number of benzene rings is 3. The van der Waals surface area contributed by atoms with Gasteiger partial charge in [0, 0.05) is 18.7 Å². The molecular formula is C27H22N2O3. The molecular weight excluding hydrogens is 400 g/mol. The lowest BCUT2D eigenvalue weighted by molar-refractivity contribution is 0.107. The third kappa shape index (κ3) is 3.86. The summed E-state index contributed by atoms with van der Waals surface area (Å²) in [5, 5.41) is 4.66. The monoisotopic (exact) mass is 422 g/mol. The Labute approximate surface area is 185 Å². The highest BCUT2D eigenvalue weighted by molar-refractivity contribution is 5.92. The van der Waals surface area contributed by atoms with Crippen molar-refractivity contribution in [2.45, 2.75) is 13.2 Å². The van der Waals surface area contributed by atoms with E-state index in [9.17, 15) is 4.79 Å². The van der Waals surface area contributed by atoms with Gasteiger partial charge in [-0.2, -0.15) is 0 Å². The van der Waals surface area contributed by atoms with E-state index in [2.05, 4.69) is 5.16 Å². The summed E-state index contributed by atoms with van der Waals surface area (Å²) in [4.78, 5) is 13.2. The second-order valence-corrected chi connectivity index (χ2v) is 7.71. The Kier molecular flexibility index (Phi) is 5.40. The SMILES string of the molecule is Cn1c(-c2ccc(COCc3ccccc3)cc2)cc2onc(-c3ccccc3)c2c1=O. The first-order valence-corrected chi connectivity index (χ1v) is 10.5. The van der Waals surface area contributed by atoms with Crippen molar-refractivity contribution in [1.82, 2.24) is 9.72 Å². The maximum absolute atomic E-state index is 13.2. The van der Waals surface area contributed by atoms with Crippen molar-refractivity contribution < 1.29 is 9.26 Å². The molecule has 0 spiro atoms. The molecule has 0 unspecified atom stereocenters. The number of pyridine rings is 1. The molecule has 2 heterocycles. The van der Waals surface area contributed by atoms with Crippen LogP contribution in [0.3, 0.4) is 0 Å². The number of hydrogen-bond donors (Lipinski definition) is 0. The average molecular weight is 422 g/mol. The average Bonchev–Trinajstić information content (AvgIpc) is 3.27. The van der Waals surface area contributed by atoms with Crippen LogP contribution in [0.1, 0.15) is 11.1 Å². The molecule has 0 fully saturated rings. The van der Waals surface area contributed by atoms with Crippen LogP contribution in [0.15, 0.2) is 100 Å². The highest BCUT2D eigenvalue weighted by Gasteiger charge is 2.18. The molecule has 2 aromatic heterocycles. The van der Waals surface area contributed by atoms with Crippen molar-refractivity contribution in [1.29, 1.82) is 0 Å². The molecule has 0 saturated carbocycles. The van der Waals surface area contributed by atoms with Gasteiger partial charge in [0.25, 0.3) is 5.56 Å². The number of ether oxygens (including phenoxy) is 1. The zero-order chi connectivity index (χ0) is 21.9. The summed E-state index contributed by atoms with van der Waals surface area (Å²) in [7, 11) is 1.77. The molecule has 5 heteroatoms. The van der Waals surface area contributed by atoms with Crippen LogP contribution in [0.25, 0.3) is 33.5 Å². The molecule has 0 amide bonds. The summed E-state index contributed by atoms with van der Waals surface area (Å²) >= 11 is 0. The van der Waals surface area contributed by atoms with Crippen molar-refractivity contribution in [2.75, 3.05) is 0 Å². The standard InChI is InChI=1S/C27H22N2O3/c1-29-23(16-24-25(27(29)30)26(28-32-24)22-10-6-3-7-11-22)21-14-12-20(13-15-21)18-31-17-19-8-4-2-5-9-19/h2-16H,17-18H2,1H3. The Morgan fingerprint density at radius 2 is 1.44 bits per heavy atom. The van der Waals surface area contributed by atoms with Crippen molar-refractivity contribution >= 4 is 11.0 Å². The van der Waals surface area contributed by atoms with Gasteiger partial charge in [-0.3, -0.25) is 4.79 Å². The Balaban J connectivity index is 1.40. The minimum atomic E-state index is -0.132. The summed E-state index contributed by atoms with van der Waals surface area (Å²) in [5.74, 6) is 0. The van der Waals surface area contributed by atoms with E-state index in [4.69, 9.17) is 9.26 Å². The summed E-state index contributed by atoms with van der Waals surface area (Å²) in [6.45, 7) is 1.10. The van der Waals surface area contributed by atoms with E-state index in [1.807, 2.05) is 91.0 Å². The maximum Gasteiger partial charge on any atom is 0.264 e. The Bertz CT molecular complexity index is 1400. The van der Waals surface area contributed by atoms with Crippen molar-refractivity contribution in [3.8, 4) is 22.5 Å². The molecule has 0 radical (unpaired) electrons. The highest BCUT2D eigenvalue weighted by Crippen LogP contribution is 2.28. The Morgan fingerprint density at radius 3 is 2.12 bits per heavy atom. The fraction of sp³-hybridized carbons (Fsp3) is 0.111. The highest BCUT2D eigenvalue weighted by atomic mass is 16.5. The minimum absolute atomic E-state index is 0.132. The molecule has 0 bridgehead atoms. The Hall–Kier alpha value is -3.96. The van der Waals surface area contributed by atoms with Crippen molar-refractivity contribution in [3.63, 3.8) is 0 Å². The Morgan fingerprint density at radius 1 is 0.812 bits per heavy atom. The topological polar surface area (TPSA) is 57.3 Å². The van der Waals surface area contributed by atoms with Gasteiger partial charge >= 0.3 is 0 Å². The van der Waals surface area contributed by atoms with Crippen LogP contribution >= 0.6 is 0 Å². The smallest absolute Gasteiger partial charge is 0.264 e. The summed E-state index contributed by atoms with van der Waals surface area (Å²) < 4.78 is 13.0. The lowest BCUT2D eigenvalue weighted by atomic mass is 10.1. The van der Waals surface area contributed by atoms with Crippen LogP contribution in [-0.4, -0.2) is 9.72 Å². The molecule has 5 aromatic rings. The largest absolute Gasteiger partial charge is 0.372 e. The van der Waals surface area contributed by atoms with E-state index in [0.717, 1.165) is 27.9 Å². The normalized spacial score (nSPS) is 11.2. The first-order valence-electron chi connectivity index (χ1n) is 10.5. The van der Waals surface area contributed by atoms with Gasteiger partial charge < -0.3 is 13.8 Å². The van der Waals surface area contributed by atoms with Gasteiger partial charge in [0.2, 0.25) is 0 Å². The van der Waals surface area contributed by atoms with Gasteiger partial charge in [0.05, 0.1) is 18.9 Å². The first-order chi connectivity index (χ1) is 15.7. The summed E-state index contributed by atoms with van der Waals surface area (Å²) in [5.41, 5.74) is 5.70. The van der Waals surface area contributed by atoms with E-state index in [0.29, 0.717) is 29.9 Å². The van der Waals surface area contributed by atoms with E-state index >= 15 is 0 Å². The molecule has 0 aliphatic rings. The van der Waals surface area contributed by atoms with Crippen LogP contribution in [-0.2, 0) is 25.0 Å². The number of fused-ring (bicyclic) bond motifs is 1. The predicted molar refractivity (Wildman–Crippen MR) is 125 cm³/mol. The number of aromatic nitrogens is 2. The van der Waals surface area contributed by atoms with Gasteiger partial charge in [-0.1, -0.05) is 90.1 Å². The van der Waals surface area contributed by atoms with Crippen LogP contribution < -0.4 is 5.56 Å². The molecule has 3 aromatic carbocycles. The van der Waals surface area contributed by atoms with E-state index in [1.165, 1.54) is 0 Å². The fourth-order valence-electron chi connectivity index (χ4n) is 3.81. The molecule has 32 heavy (non-hydrogen) atoms. The minimum Gasteiger partial charge on any atom is -0.372 e. The maximum atomic E-state index is 13.2. The van der Waals surface area contributed by atoms with E-state index < -0.39 is 0 Å². The van der Waals surface area contributed by atoms with Gasteiger partial charge in [-0.05, 0) is 16.7 Å². The molecule has 0 N–H and O–H groups in total. The number of hydrogen-bond acceptors (Lipinski definition) is 4. The third-order valence-corrected chi connectivity index (χ3v) is 5.54. The summed E-state index contributed by atoms with van der Waals surface area (Å²) in [6, 6.07) is 29.6. The molecule has 0 saturated heterocycles. The second kappa shape index (κ2) is 8.65. The molecule has 5 nitrogen and oxygen atoms in total. The van der Waals surface area contributed by atoms with Gasteiger partial charge in [-0.15, -0.1) is 0 Å². The van der Waals surface area contributed by atoms with Crippen LogP contribution in [0.4, 0.5) is 0 Å². The lowest BCUT2D eigenvalue weighted by Gasteiger charge is -2.10. The third-order valence-electron chi connectivity index (χ3n) is 5.54. The quantitative estimate of drug-likeness (QED) is 0.359. The van der Waals surface area contributed by atoms with E-state index in [-0.39, 0.29) is 5.56 Å². The second-order valence-electron chi connectivity index (χ2n) is 7.71. The van der Waals surface area contributed by atoms with Crippen LogP contribution in [0.2, 0.25) is 0 Å². The molecule has 158 valence electrons.